The van der Waals surface area contributed by atoms with E-state index in [4.69, 9.17) is 0 Å². The lowest BCUT2D eigenvalue weighted by Crippen LogP contribution is -1.80. The molecule has 146 valence electrons. The zero-order chi connectivity index (χ0) is 20.0. The van der Waals surface area contributed by atoms with Gasteiger partial charge in [0.1, 0.15) is 0 Å². The molecule has 0 saturated carbocycles. The third kappa shape index (κ3) is 4.34. The summed E-state index contributed by atoms with van der Waals surface area (Å²) in [6, 6.07) is 18.0. The van der Waals surface area contributed by atoms with Crippen LogP contribution in [0.3, 0.4) is 0 Å². The van der Waals surface area contributed by atoms with E-state index in [0.29, 0.717) is 0 Å². The molecule has 0 fully saturated rings. The summed E-state index contributed by atoms with van der Waals surface area (Å²) in [5, 5.41) is 2.15. The Labute approximate surface area is 203 Å². The van der Waals surface area contributed by atoms with E-state index in [2.05, 4.69) is 92.7 Å². The number of halogens is 2. The molecule has 0 aliphatic carbocycles. The summed E-state index contributed by atoms with van der Waals surface area (Å²) in [5.74, 6) is 0. The van der Waals surface area contributed by atoms with Crippen molar-refractivity contribution in [3.63, 3.8) is 0 Å². The second-order valence-electron chi connectivity index (χ2n) is 6.95. The second-order valence-corrected chi connectivity index (χ2v) is 13.1. The van der Waals surface area contributed by atoms with E-state index in [1.165, 1.54) is 53.9 Å². The van der Waals surface area contributed by atoms with Gasteiger partial charge in [-0.1, -0.05) is 29.8 Å². The van der Waals surface area contributed by atoms with Crippen LogP contribution in [-0.2, 0) is 12.8 Å². The van der Waals surface area contributed by atoms with Crippen LogP contribution >= 0.6 is 77.2 Å². The Balaban J connectivity index is 1.36. The molecule has 0 atom stereocenters. The molecule has 4 aromatic heterocycles. The molecule has 0 amide bonds. The molecule has 0 radical (unpaired) electrons. The summed E-state index contributed by atoms with van der Waals surface area (Å²) in [6.45, 7) is 2.13. The van der Waals surface area contributed by atoms with Crippen LogP contribution in [0, 0.1) is 6.92 Å². The highest BCUT2D eigenvalue weighted by molar-refractivity contribution is 9.10. The Morgan fingerprint density at radius 2 is 1.38 bits per heavy atom. The van der Waals surface area contributed by atoms with Crippen LogP contribution in [-0.4, -0.2) is 0 Å². The molecule has 5 aromatic rings. The van der Waals surface area contributed by atoms with E-state index >= 15 is 0 Å². The standard InChI is InChI=1S/C23H16Br2S4/c1-13-2-4-14(5-3-13)19-12-18(25)21(29-19)9-16-11-23-22(28-16)10-15(27-23)8-20-17(24)6-7-26-20/h2-7,10-12H,8-9H2,1H3. The summed E-state index contributed by atoms with van der Waals surface area (Å²) in [4.78, 5) is 7.02. The maximum absolute atomic E-state index is 3.79. The highest BCUT2D eigenvalue weighted by atomic mass is 79.9. The molecule has 0 spiro atoms. The minimum absolute atomic E-state index is 0.995. The SMILES string of the molecule is Cc1ccc(-c2cc(Br)c(Cc3cc4sc(Cc5sccc5Br)cc4s3)s2)cc1. The average Bonchev–Trinajstić information content (AvgIpc) is 3.43. The number of hydrogen-bond acceptors (Lipinski definition) is 4. The molecule has 6 heteroatoms. The first-order valence-electron chi connectivity index (χ1n) is 9.13. The molecule has 29 heavy (non-hydrogen) atoms. The molecular formula is C23H16Br2S4. The third-order valence-corrected chi connectivity index (χ3v) is 11.1. The fourth-order valence-electron chi connectivity index (χ4n) is 3.26. The Morgan fingerprint density at radius 3 is 2.00 bits per heavy atom. The maximum atomic E-state index is 3.79. The molecule has 0 nitrogen and oxygen atoms in total. The van der Waals surface area contributed by atoms with Crippen LogP contribution in [0.15, 0.2) is 62.9 Å². The van der Waals surface area contributed by atoms with Gasteiger partial charge in [-0.3, -0.25) is 0 Å². The van der Waals surface area contributed by atoms with Crippen molar-refractivity contribution in [2.24, 2.45) is 0 Å². The number of aryl methyl sites for hydroxylation is 1. The monoisotopic (exact) mass is 578 g/mol. The average molecular weight is 580 g/mol. The Kier molecular flexibility index (Phi) is 5.84. The van der Waals surface area contributed by atoms with Crippen molar-refractivity contribution in [2.75, 3.05) is 0 Å². The summed E-state index contributed by atoms with van der Waals surface area (Å²) in [7, 11) is 0. The van der Waals surface area contributed by atoms with Crippen LogP contribution in [0.5, 0.6) is 0 Å². The lowest BCUT2D eigenvalue weighted by atomic mass is 10.1. The first kappa shape index (κ1) is 20.2. The number of benzene rings is 1. The fourth-order valence-corrected chi connectivity index (χ4v) is 9.28. The highest BCUT2D eigenvalue weighted by Crippen LogP contribution is 2.40. The van der Waals surface area contributed by atoms with Gasteiger partial charge < -0.3 is 0 Å². The van der Waals surface area contributed by atoms with Crippen LogP contribution in [0.1, 0.15) is 25.1 Å². The Bertz CT molecular complexity index is 1250. The van der Waals surface area contributed by atoms with Gasteiger partial charge in [0.2, 0.25) is 0 Å². The summed E-state index contributed by atoms with van der Waals surface area (Å²) < 4.78 is 5.28. The van der Waals surface area contributed by atoms with Gasteiger partial charge in [-0.2, -0.15) is 0 Å². The van der Waals surface area contributed by atoms with Crippen molar-refractivity contribution < 1.29 is 0 Å². The lowest BCUT2D eigenvalue weighted by molar-refractivity contribution is 1.29. The Hall–Kier alpha value is -0.760. The van der Waals surface area contributed by atoms with E-state index in [-0.39, 0.29) is 0 Å². The van der Waals surface area contributed by atoms with E-state index in [0.717, 1.165) is 12.8 Å². The van der Waals surface area contributed by atoms with Crippen LogP contribution in [0.25, 0.3) is 19.8 Å². The van der Waals surface area contributed by atoms with Gasteiger partial charge in [0.25, 0.3) is 0 Å². The fraction of sp³-hybridized carbons (Fsp3) is 0.130. The van der Waals surface area contributed by atoms with Gasteiger partial charge in [0, 0.05) is 55.6 Å². The predicted octanol–water partition coefficient (Wildman–Crippen LogP) is 9.77. The lowest BCUT2D eigenvalue weighted by Gasteiger charge is -1.98. The quantitative estimate of drug-likeness (QED) is 0.194. The van der Waals surface area contributed by atoms with Crippen molar-refractivity contribution in [1.29, 1.82) is 0 Å². The molecule has 0 bridgehead atoms. The molecule has 4 heterocycles. The minimum Gasteiger partial charge on any atom is -0.147 e. The minimum atomic E-state index is 0.995. The van der Waals surface area contributed by atoms with Crippen LogP contribution in [0.2, 0.25) is 0 Å². The van der Waals surface area contributed by atoms with Crippen molar-refractivity contribution in [1.82, 2.24) is 0 Å². The van der Waals surface area contributed by atoms with Crippen LogP contribution < -0.4 is 0 Å². The third-order valence-electron chi connectivity index (χ3n) is 4.76. The topological polar surface area (TPSA) is 0 Å². The largest absolute Gasteiger partial charge is 0.147 e. The first-order valence-corrected chi connectivity index (χ1v) is 14.0. The highest BCUT2D eigenvalue weighted by Gasteiger charge is 2.13. The van der Waals surface area contributed by atoms with Crippen molar-refractivity contribution in [3.8, 4) is 10.4 Å². The molecule has 0 N–H and O–H groups in total. The Morgan fingerprint density at radius 1 is 0.724 bits per heavy atom. The molecule has 0 aliphatic heterocycles. The first-order chi connectivity index (χ1) is 14.0. The van der Waals surface area contributed by atoms with E-state index in [1.54, 1.807) is 0 Å². The van der Waals surface area contributed by atoms with E-state index < -0.39 is 0 Å². The molecule has 5 rings (SSSR count). The van der Waals surface area contributed by atoms with E-state index in [9.17, 15) is 0 Å². The summed E-state index contributed by atoms with van der Waals surface area (Å²) >= 11 is 15.0. The molecular weight excluding hydrogens is 564 g/mol. The normalized spacial score (nSPS) is 11.6. The molecule has 0 aliphatic rings. The van der Waals surface area contributed by atoms with Gasteiger partial charge >= 0.3 is 0 Å². The second kappa shape index (κ2) is 8.40. The van der Waals surface area contributed by atoms with E-state index in [1.807, 2.05) is 45.3 Å². The molecule has 0 saturated heterocycles. The van der Waals surface area contributed by atoms with Gasteiger partial charge in [-0.05, 0) is 74.0 Å². The zero-order valence-electron chi connectivity index (χ0n) is 15.5. The van der Waals surface area contributed by atoms with Gasteiger partial charge in [-0.25, -0.2) is 0 Å². The number of hydrogen-bond donors (Lipinski definition) is 0. The summed E-state index contributed by atoms with van der Waals surface area (Å²) in [5.41, 5.74) is 2.60. The van der Waals surface area contributed by atoms with Crippen LogP contribution in [0.4, 0.5) is 0 Å². The zero-order valence-corrected chi connectivity index (χ0v) is 21.9. The maximum Gasteiger partial charge on any atom is 0.0456 e. The number of rotatable bonds is 5. The van der Waals surface area contributed by atoms with Crippen molar-refractivity contribution >= 4 is 86.6 Å². The van der Waals surface area contributed by atoms with Gasteiger partial charge in [-0.15, -0.1) is 45.3 Å². The molecule has 1 aromatic carbocycles. The number of fused-ring (bicyclic) bond motifs is 1. The smallest absolute Gasteiger partial charge is 0.0456 e. The summed E-state index contributed by atoms with van der Waals surface area (Å²) in [6.07, 6.45) is 2.02. The van der Waals surface area contributed by atoms with Gasteiger partial charge in [0.15, 0.2) is 0 Å². The van der Waals surface area contributed by atoms with Gasteiger partial charge in [0.05, 0.1) is 0 Å². The van der Waals surface area contributed by atoms with Crippen molar-refractivity contribution in [2.45, 2.75) is 19.8 Å². The van der Waals surface area contributed by atoms with Crippen molar-refractivity contribution in [3.05, 3.63) is 87.9 Å². The molecule has 0 unspecified atom stereocenters. The number of thiophene rings is 4. The predicted molar refractivity (Wildman–Crippen MR) is 140 cm³/mol.